The number of hydrogen-bond acceptors (Lipinski definition) is 3. The maximum atomic E-state index is 13.8. The average molecular weight is 373 g/mol. The van der Waals surface area contributed by atoms with Gasteiger partial charge in [0.15, 0.2) is 14.1 Å². The van der Waals surface area contributed by atoms with Crippen LogP contribution in [0.4, 0.5) is 0 Å². The van der Waals surface area contributed by atoms with Crippen LogP contribution in [0.5, 0.6) is 0 Å². The van der Waals surface area contributed by atoms with Crippen molar-refractivity contribution in [2.24, 2.45) is 16.7 Å². The molecule has 2 bridgehead atoms. The van der Waals surface area contributed by atoms with E-state index >= 15 is 0 Å². The quantitative estimate of drug-likeness (QED) is 0.531. The molecule has 1 aliphatic heterocycles. The third-order valence-electron chi connectivity index (χ3n) is 7.62. The monoisotopic (exact) mass is 372 g/mol. The van der Waals surface area contributed by atoms with Crippen LogP contribution in [0.25, 0.3) is 0 Å². The lowest BCUT2D eigenvalue weighted by atomic mass is 9.62. The lowest BCUT2D eigenvalue weighted by molar-refractivity contribution is -0.152. The molecule has 0 aromatic heterocycles. The van der Waals surface area contributed by atoms with Crippen LogP contribution in [-0.4, -0.2) is 25.8 Å². The molecule has 4 rings (SSSR count). The van der Waals surface area contributed by atoms with Crippen LogP contribution in [-0.2, 0) is 14.0 Å². The molecule has 0 radical (unpaired) electrons. The van der Waals surface area contributed by atoms with E-state index in [1.165, 1.54) is 6.42 Å². The first-order valence-corrected chi connectivity index (χ1v) is 13.4. The number of Topliss-reactive ketones (excluding diaryl/α,β-unsaturated/α-hetero) is 1. The Morgan fingerprint density at radius 1 is 1.15 bits per heavy atom. The smallest absolute Gasteiger partial charge is 0.195 e. The summed E-state index contributed by atoms with van der Waals surface area (Å²) >= 11 is 0. The molecule has 142 valence electrons. The van der Waals surface area contributed by atoms with Crippen LogP contribution < -0.4 is 0 Å². The summed E-state index contributed by atoms with van der Waals surface area (Å²) in [5.74, 6) is 0.758. The van der Waals surface area contributed by atoms with E-state index in [1.807, 2.05) is 18.2 Å². The van der Waals surface area contributed by atoms with Gasteiger partial charge in [0.25, 0.3) is 0 Å². The standard InChI is InChI=1S/C22H32O3Si/c1-20(2)16-12-13-21(20,3)22(14-16,25-26(4,5)6)19(23)18-17(24-18)15-10-8-7-9-11-15/h7-11,16-18H,12-14H2,1-6H3/t16-,17-,18+,21-,22+/m1/s1. The van der Waals surface area contributed by atoms with Crippen molar-refractivity contribution in [1.82, 2.24) is 0 Å². The van der Waals surface area contributed by atoms with Crippen molar-refractivity contribution in [3.05, 3.63) is 35.9 Å². The fraction of sp³-hybridized carbons (Fsp3) is 0.682. The van der Waals surface area contributed by atoms with E-state index in [0.717, 1.165) is 18.4 Å². The van der Waals surface area contributed by atoms with Crippen LogP contribution in [0.3, 0.4) is 0 Å². The highest BCUT2D eigenvalue weighted by molar-refractivity contribution is 6.70. The Morgan fingerprint density at radius 3 is 2.31 bits per heavy atom. The summed E-state index contributed by atoms with van der Waals surface area (Å²) in [4.78, 5) is 13.8. The van der Waals surface area contributed by atoms with Gasteiger partial charge in [0.2, 0.25) is 0 Å². The highest BCUT2D eigenvalue weighted by atomic mass is 28.4. The predicted molar refractivity (Wildman–Crippen MR) is 105 cm³/mol. The van der Waals surface area contributed by atoms with E-state index < -0.39 is 13.9 Å². The van der Waals surface area contributed by atoms with Gasteiger partial charge in [-0.3, -0.25) is 4.79 Å². The van der Waals surface area contributed by atoms with Gasteiger partial charge in [0.05, 0.1) is 0 Å². The van der Waals surface area contributed by atoms with Crippen LogP contribution in [0.1, 0.15) is 51.7 Å². The van der Waals surface area contributed by atoms with Crippen LogP contribution in [0.2, 0.25) is 19.6 Å². The van der Waals surface area contributed by atoms with Gasteiger partial charge in [-0.2, -0.15) is 0 Å². The van der Waals surface area contributed by atoms with Crippen molar-refractivity contribution in [3.63, 3.8) is 0 Å². The normalized spacial score (nSPS) is 40.6. The minimum absolute atomic E-state index is 0.100. The Hall–Kier alpha value is -0.973. The van der Waals surface area contributed by atoms with Crippen molar-refractivity contribution in [3.8, 4) is 0 Å². The van der Waals surface area contributed by atoms with Gasteiger partial charge in [-0.25, -0.2) is 0 Å². The fourth-order valence-corrected chi connectivity index (χ4v) is 7.24. The van der Waals surface area contributed by atoms with Crippen LogP contribution >= 0.6 is 0 Å². The molecule has 0 amide bonds. The number of carbonyl (C=O) groups is 1. The molecule has 2 saturated carbocycles. The summed E-state index contributed by atoms with van der Waals surface area (Å²) in [6.07, 6.45) is 2.70. The van der Waals surface area contributed by atoms with Crippen molar-refractivity contribution in [2.45, 2.75) is 77.5 Å². The largest absolute Gasteiger partial charge is 0.404 e. The highest BCUT2D eigenvalue weighted by Crippen LogP contribution is 2.72. The zero-order valence-electron chi connectivity index (χ0n) is 17.0. The van der Waals surface area contributed by atoms with Gasteiger partial charge in [-0.1, -0.05) is 51.1 Å². The molecule has 2 aliphatic carbocycles. The Balaban J connectivity index is 1.69. The Bertz CT molecular complexity index is 723. The molecule has 3 fully saturated rings. The van der Waals surface area contributed by atoms with Crippen molar-refractivity contribution in [2.75, 3.05) is 0 Å². The number of fused-ring (bicyclic) bond motifs is 2. The lowest BCUT2D eigenvalue weighted by Gasteiger charge is -2.50. The number of benzene rings is 1. The second-order valence-electron chi connectivity index (χ2n) is 10.3. The summed E-state index contributed by atoms with van der Waals surface area (Å²) in [6, 6.07) is 10.1. The third kappa shape index (κ3) is 2.41. The number of hydrogen-bond donors (Lipinski definition) is 0. The molecule has 1 heterocycles. The Morgan fingerprint density at radius 2 is 1.81 bits per heavy atom. The van der Waals surface area contributed by atoms with E-state index in [9.17, 15) is 4.79 Å². The first-order chi connectivity index (χ1) is 12.0. The summed E-state index contributed by atoms with van der Waals surface area (Å²) in [7, 11) is -1.90. The zero-order chi connectivity index (χ0) is 19.0. The summed E-state index contributed by atoms with van der Waals surface area (Å²) in [6.45, 7) is 13.6. The topological polar surface area (TPSA) is 38.8 Å². The number of ether oxygens (including phenoxy) is 1. The maximum absolute atomic E-state index is 13.8. The third-order valence-corrected chi connectivity index (χ3v) is 8.58. The Kier molecular flexibility index (Phi) is 3.91. The molecule has 1 aromatic carbocycles. The molecule has 3 aliphatic rings. The molecular formula is C22H32O3Si. The second kappa shape index (κ2) is 5.52. The second-order valence-corrected chi connectivity index (χ2v) is 14.7. The van der Waals surface area contributed by atoms with E-state index in [-0.39, 0.29) is 28.8 Å². The van der Waals surface area contributed by atoms with Gasteiger partial charge >= 0.3 is 0 Å². The maximum Gasteiger partial charge on any atom is 0.195 e. The van der Waals surface area contributed by atoms with Crippen molar-refractivity contribution in [1.29, 1.82) is 0 Å². The zero-order valence-corrected chi connectivity index (χ0v) is 18.0. The molecule has 5 atom stereocenters. The minimum Gasteiger partial charge on any atom is -0.404 e. The minimum atomic E-state index is -1.90. The van der Waals surface area contributed by atoms with Gasteiger partial charge in [0, 0.05) is 5.41 Å². The molecule has 0 N–H and O–H groups in total. The van der Waals surface area contributed by atoms with Gasteiger partial charge in [-0.05, 0) is 55.8 Å². The summed E-state index contributed by atoms with van der Waals surface area (Å²) in [5, 5.41) is 0. The molecular weight excluding hydrogens is 340 g/mol. The van der Waals surface area contributed by atoms with E-state index in [1.54, 1.807) is 0 Å². The summed E-state index contributed by atoms with van der Waals surface area (Å²) in [5.41, 5.74) is 0.425. The fourth-order valence-electron chi connectivity index (χ4n) is 5.79. The molecule has 0 spiro atoms. The highest BCUT2D eigenvalue weighted by Gasteiger charge is 2.74. The number of epoxide rings is 1. The molecule has 3 nitrogen and oxygen atoms in total. The number of rotatable bonds is 5. The van der Waals surface area contributed by atoms with Crippen molar-refractivity contribution < 1.29 is 14.0 Å². The van der Waals surface area contributed by atoms with E-state index in [4.69, 9.17) is 9.16 Å². The number of carbonyl (C=O) groups excluding carboxylic acids is 1. The van der Waals surface area contributed by atoms with E-state index in [0.29, 0.717) is 5.92 Å². The lowest BCUT2D eigenvalue weighted by Crippen LogP contribution is -2.60. The Labute approximate surface area is 158 Å². The average Bonchev–Trinajstić information content (AvgIpc) is 3.29. The SMILES string of the molecule is CC1(C)[C@@H]2CC[C@@]1(C)[C@@](O[Si](C)(C)C)(C(=O)[C@H]1O[C@@H]1c1ccccc1)C2. The molecule has 26 heavy (non-hydrogen) atoms. The van der Waals surface area contributed by atoms with Crippen LogP contribution in [0, 0.1) is 16.7 Å². The predicted octanol–water partition coefficient (Wildman–Crippen LogP) is 5.13. The van der Waals surface area contributed by atoms with Crippen LogP contribution in [0.15, 0.2) is 30.3 Å². The molecule has 0 unspecified atom stereocenters. The first kappa shape index (κ1) is 18.4. The molecule has 4 heteroatoms. The van der Waals surface area contributed by atoms with Crippen molar-refractivity contribution >= 4 is 14.1 Å². The van der Waals surface area contributed by atoms with Gasteiger partial charge in [-0.15, -0.1) is 0 Å². The van der Waals surface area contributed by atoms with E-state index in [2.05, 4.69) is 52.5 Å². The van der Waals surface area contributed by atoms with Gasteiger partial charge in [0.1, 0.15) is 17.8 Å². The molecule has 1 saturated heterocycles. The van der Waals surface area contributed by atoms with Gasteiger partial charge < -0.3 is 9.16 Å². The molecule has 1 aromatic rings. The number of ketones is 1. The first-order valence-electron chi connectivity index (χ1n) is 9.97. The summed E-state index contributed by atoms with van der Waals surface area (Å²) < 4.78 is 12.7.